The van der Waals surface area contributed by atoms with Crippen molar-refractivity contribution in [3.63, 3.8) is 0 Å². The average Bonchev–Trinajstić information content (AvgIpc) is 2.53. The summed E-state index contributed by atoms with van der Waals surface area (Å²) in [5.74, 6) is 0. The van der Waals surface area contributed by atoms with Gasteiger partial charge < -0.3 is 9.80 Å². The van der Waals surface area contributed by atoms with E-state index in [-0.39, 0.29) is 32.7 Å². The third kappa shape index (κ3) is 5.61. The Balaban J connectivity index is 0.902. The van der Waals surface area contributed by atoms with Crippen LogP contribution in [0.15, 0.2) is 206 Å². The van der Waals surface area contributed by atoms with E-state index in [1.807, 2.05) is 0 Å². The lowest BCUT2D eigenvalue weighted by Crippen LogP contribution is -2.64. The maximum Gasteiger partial charge on any atom is 0.0726 e. The topological polar surface area (TPSA) is 6.48 Å². The number of para-hydroxylation sites is 2. The molecule has 2 nitrogen and oxygen atoms in total. The quantitative estimate of drug-likeness (QED) is 0.162. The Bertz CT molecular complexity index is 4300. The van der Waals surface area contributed by atoms with E-state index in [0.29, 0.717) is 0 Å². The van der Waals surface area contributed by atoms with Crippen LogP contribution in [0.5, 0.6) is 0 Å². The molecule has 2 aliphatic heterocycles. The minimum atomic E-state index is -0.579. The minimum absolute atomic E-state index is 0.0511. The summed E-state index contributed by atoms with van der Waals surface area (Å²) in [6.07, 6.45) is 7.20. The summed E-state index contributed by atoms with van der Waals surface area (Å²) in [5.41, 5.74) is 23.6. The van der Waals surface area contributed by atoms with Gasteiger partial charge in [0.25, 0.3) is 0 Å². The van der Waals surface area contributed by atoms with Gasteiger partial charge in [0.15, 0.2) is 0 Å². The second-order valence-electron chi connectivity index (χ2n) is 27.6. The summed E-state index contributed by atoms with van der Waals surface area (Å²) in [5, 5.41) is 8.01. The van der Waals surface area contributed by atoms with Gasteiger partial charge in [-0.05, 0) is 227 Å². The van der Waals surface area contributed by atoms with Crippen molar-refractivity contribution in [2.75, 3.05) is 9.80 Å². The molecular weight excluding hydrogens is 977 g/mol. The maximum absolute atomic E-state index is 2.73. The molecule has 11 aromatic carbocycles. The molecule has 0 bridgehead atoms. The van der Waals surface area contributed by atoms with Crippen LogP contribution in [0, 0.1) is 10.8 Å². The molecule has 1 spiro atoms. The largest absolute Gasteiger partial charge is 0.334 e. The van der Waals surface area contributed by atoms with Crippen LogP contribution in [-0.4, -0.2) is 11.1 Å². The van der Waals surface area contributed by atoms with Crippen molar-refractivity contribution < 1.29 is 0 Å². The Morgan fingerprint density at radius 3 is 1.31 bits per heavy atom. The first-order valence-corrected chi connectivity index (χ1v) is 30.2. The van der Waals surface area contributed by atoms with Crippen LogP contribution < -0.4 is 9.80 Å². The number of hydrogen-bond acceptors (Lipinski definition) is 2. The van der Waals surface area contributed by atoms with E-state index in [0.717, 1.165) is 0 Å². The predicted octanol–water partition coefficient (Wildman–Crippen LogP) is 21.0. The molecule has 0 saturated heterocycles. The highest BCUT2D eigenvalue weighted by Gasteiger charge is 2.66. The van der Waals surface area contributed by atoms with Crippen molar-refractivity contribution in [3.05, 3.63) is 240 Å². The fraction of sp³-hybridized carbons (Fsp3) is 0.266. The molecular formula is C79H70N2. The van der Waals surface area contributed by atoms with Gasteiger partial charge in [-0.3, -0.25) is 0 Å². The first-order valence-electron chi connectivity index (χ1n) is 30.2. The lowest BCUT2D eigenvalue weighted by atomic mass is 9.51. The molecule has 2 fully saturated rings. The molecule has 0 N–H and O–H groups in total. The van der Waals surface area contributed by atoms with Gasteiger partial charge >= 0.3 is 0 Å². The number of anilines is 4. The van der Waals surface area contributed by atoms with Crippen LogP contribution in [0.1, 0.15) is 127 Å². The van der Waals surface area contributed by atoms with Gasteiger partial charge in [-0.2, -0.15) is 0 Å². The minimum Gasteiger partial charge on any atom is -0.334 e. The van der Waals surface area contributed by atoms with Crippen LogP contribution >= 0.6 is 0 Å². The molecule has 81 heavy (non-hydrogen) atoms. The lowest BCUT2D eigenvalue weighted by molar-refractivity contribution is 0.0484. The number of rotatable bonds is 4. The molecule has 11 aromatic rings. The van der Waals surface area contributed by atoms with Gasteiger partial charge in [-0.15, -0.1) is 0 Å². The van der Waals surface area contributed by atoms with E-state index in [1.165, 1.54) is 171 Å². The first kappa shape index (κ1) is 47.8. The van der Waals surface area contributed by atoms with E-state index >= 15 is 0 Å². The Morgan fingerprint density at radius 1 is 0.321 bits per heavy atom. The van der Waals surface area contributed by atoms with Gasteiger partial charge in [0.1, 0.15) is 0 Å². The third-order valence-electron chi connectivity index (χ3n) is 23.8. The summed E-state index contributed by atoms with van der Waals surface area (Å²) < 4.78 is 0. The molecule has 396 valence electrons. The monoisotopic (exact) mass is 1050 g/mol. The van der Waals surface area contributed by atoms with Crippen LogP contribution in [0.3, 0.4) is 0 Å². The fourth-order valence-electron chi connectivity index (χ4n) is 19.1. The first-order chi connectivity index (χ1) is 39.1. The third-order valence-corrected chi connectivity index (χ3v) is 23.8. The van der Waals surface area contributed by atoms with Crippen molar-refractivity contribution in [1.29, 1.82) is 0 Å². The molecule has 0 amide bonds. The zero-order chi connectivity index (χ0) is 54.8. The van der Waals surface area contributed by atoms with Gasteiger partial charge in [0.2, 0.25) is 0 Å². The van der Waals surface area contributed by atoms with E-state index in [4.69, 9.17) is 0 Å². The summed E-state index contributed by atoms with van der Waals surface area (Å²) in [6.45, 7) is 20.4. The average molecular weight is 1050 g/mol. The van der Waals surface area contributed by atoms with E-state index in [1.54, 1.807) is 0 Å². The molecule has 2 heteroatoms. The second kappa shape index (κ2) is 15.7. The van der Waals surface area contributed by atoms with Crippen LogP contribution in [0.2, 0.25) is 0 Å². The molecule has 4 aliphatic carbocycles. The van der Waals surface area contributed by atoms with Gasteiger partial charge in [-0.1, -0.05) is 194 Å². The van der Waals surface area contributed by atoms with Crippen LogP contribution in [0.4, 0.5) is 22.7 Å². The fourth-order valence-corrected chi connectivity index (χ4v) is 19.1. The lowest BCUT2D eigenvalue weighted by Gasteiger charge is -2.59. The summed E-state index contributed by atoms with van der Waals surface area (Å²) in [4.78, 5) is 5.46. The Hall–Kier alpha value is -7.94. The molecule has 4 unspecified atom stereocenters. The van der Waals surface area contributed by atoms with Gasteiger partial charge in [0, 0.05) is 33.6 Å². The normalized spacial score (nSPS) is 25.9. The molecule has 2 saturated carbocycles. The predicted molar refractivity (Wildman–Crippen MR) is 341 cm³/mol. The smallest absolute Gasteiger partial charge is 0.0726 e. The zero-order valence-corrected chi connectivity index (χ0v) is 48.3. The maximum atomic E-state index is 2.73. The van der Waals surface area contributed by atoms with E-state index < -0.39 is 5.41 Å². The van der Waals surface area contributed by atoms with E-state index in [2.05, 4.69) is 271 Å². The van der Waals surface area contributed by atoms with Crippen molar-refractivity contribution in [1.82, 2.24) is 0 Å². The molecule has 6 aliphatic rings. The number of benzene rings is 11. The summed E-state index contributed by atoms with van der Waals surface area (Å²) in [7, 11) is 0. The summed E-state index contributed by atoms with van der Waals surface area (Å²) >= 11 is 0. The van der Waals surface area contributed by atoms with Gasteiger partial charge in [0.05, 0.1) is 16.5 Å². The van der Waals surface area contributed by atoms with Crippen molar-refractivity contribution >= 4 is 55.1 Å². The standard InChI is InChI=1S/C79H70N2/c1-73(2)40-18-42-75(5)65-46-53(33-38-68(65)80(77(73,75)7)56-22-11-9-12-23-56)51-31-35-58-59-36-32-52(54-34-39-69-66(47-54)76(6)43-19-41-74(3,4)78(76,8)81(69)57-24-13-10-14-25-57)45-64(59)79(63(58)44-51)62-27-16-15-26-60(62)72-61-37-30-50-21-17-20-49-28-29-55(48-67(72)79)71(61)70(49)50/h9-17,20-39,44-48H,18-19,40-43H2,1-8H3. The molecule has 0 aromatic heterocycles. The van der Waals surface area contributed by atoms with Crippen molar-refractivity contribution in [2.24, 2.45) is 10.8 Å². The number of fused-ring (bicyclic) bond motifs is 17. The van der Waals surface area contributed by atoms with Crippen molar-refractivity contribution in [2.45, 2.75) is 121 Å². The summed E-state index contributed by atoms with van der Waals surface area (Å²) in [6, 6.07) is 81.1. The van der Waals surface area contributed by atoms with Gasteiger partial charge in [-0.25, -0.2) is 0 Å². The SMILES string of the molecule is CC1(C)CCCC2(C)c3cc(-c4ccc5c(c4)C4(c6cc(-c7ccc8c(c7)C7(C)CCCC(C)(C)C7(C)N8c7ccccc7)ccc6-5)c5ccccc5-c5c4cc4ccc6cccc7ccc5c4c67)ccc3N(c3ccccc3)C12C. The molecule has 2 heterocycles. The Labute approximate surface area is 478 Å². The molecule has 0 radical (unpaired) electrons. The van der Waals surface area contributed by atoms with E-state index in [9.17, 15) is 0 Å². The second-order valence-corrected chi connectivity index (χ2v) is 27.6. The molecule has 4 atom stereocenters. The van der Waals surface area contributed by atoms with Crippen LogP contribution in [-0.2, 0) is 16.2 Å². The molecule has 17 rings (SSSR count). The van der Waals surface area contributed by atoms with Crippen LogP contribution in [0.25, 0.3) is 76.8 Å². The number of nitrogens with zero attached hydrogens (tertiary/aromatic N) is 2. The Kier molecular flexibility index (Phi) is 9.29. The highest BCUT2D eigenvalue weighted by molar-refractivity contribution is 6.27. The number of hydrogen-bond donors (Lipinski definition) is 0. The highest BCUT2D eigenvalue weighted by atomic mass is 15.3. The highest BCUT2D eigenvalue weighted by Crippen LogP contribution is 2.70. The Morgan fingerprint density at radius 2 is 0.778 bits per heavy atom. The zero-order valence-electron chi connectivity index (χ0n) is 48.3. The van der Waals surface area contributed by atoms with Crippen molar-refractivity contribution in [3.8, 4) is 44.5 Å².